The summed E-state index contributed by atoms with van der Waals surface area (Å²) in [6.45, 7) is 1.36. The number of thiophene rings is 1. The van der Waals surface area contributed by atoms with Crippen LogP contribution < -0.4 is 10.1 Å². The van der Waals surface area contributed by atoms with E-state index < -0.39 is 26.0 Å². The smallest absolute Gasteiger partial charge is 0.252 e. The number of ether oxygens (including phenoxy) is 1. The zero-order valence-corrected chi connectivity index (χ0v) is 21.4. The molecule has 0 unspecified atom stereocenters. The van der Waals surface area contributed by atoms with Crippen LogP contribution in [0.3, 0.4) is 0 Å². The van der Waals surface area contributed by atoms with E-state index in [4.69, 9.17) is 4.74 Å². The number of sulfonamides is 2. The quantitative estimate of drug-likeness (QED) is 0.592. The summed E-state index contributed by atoms with van der Waals surface area (Å²) in [4.78, 5) is 13.0. The molecule has 12 heteroatoms. The molecule has 4 rings (SSSR count). The second-order valence-corrected chi connectivity index (χ2v) is 13.5. The van der Waals surface area contributed by atoms with Gasteiger partial charge in [-0.1, -0.05) is 12.5 Å². The number of piperidine rings is 2. The Hall–Kier alpha value is -1.99. The van der Waals surface area contributed by atoms with E-state index in [0.717, 1.165) is 30.6 Å². The number of hydrogen-bond donors (Lipinski definition) is 1. The zero-order chi connectivity index (χ0) is 24.3. The molecule has 34 heavy (non-hydrogen) atoms. The SMILES string of the molecule is COc1ccc(NC(=O)[C@H]2CCCN(S(=O)(=O)c3cccs3)C2)cc1S(=O)(=O)N1CCCCC1. The largest absolute Gasteiger partial charge is 0.495 e. The Morgan fingerprint density at radius 2 is 1.74 bits per heavy atom. The topological polar surface area (TPSA) is 113 Å². The Morgan fingerprint density at radius 3 is 2.41 bits per heavy atom. The van der Waals surface area contributed by atoms with Crippen molar-refractivity contribution < 1.29 is 26.4 Å². The summed E-state index contributed by atoms with van der Waals surface area (Å²) in [6.07, 6.45) is 3.74. The lowest BCUT2D eigenvalue weighted by molar-refractivity contribution is -0.120. The van der Waals surface area contributed by atoms with Gasteiger partial charge in [0.05, 0.1) is 13.0 Å². The molecule has 0 radical (unpaired) electrons. The van der Waals surface area contributed by atoms with E-state index in [1.807, 2.05) is 0 Å². The number of hydrogen-bond acceptors (Lipinski definition) is 7. The van der Waals surface area contributed by atoms with Gasteiger partial charge in [0.25, 0.3) is 10.0 Å². The van der Waals surface area contributed by atoms with E-state index in [2.05, 4.69) is 5.32 Å². The van der Waals surface area contributed by atoms with Gasteiger partial charge in [0.1, 0.15) is 14.9 Å². The molecule has 1 atom stereocenters. The van der Waals surface area contributed by atoms with Crippen LogP contribution >= 0.6 is 11.3 Å². The van der Waals surface area contributed by atoms with E-state index in [-0.39, 0.29) is 27.3 Å². The molecule has 1 amide bonds. The van der Waals surface area contributed by atoms with E-state index in [9.17, 15) is 21.6 Å². The third kappa shape index (κ3) is 5.15. The third-order valence-electron chi connectivity index (χ3n) is 6.21. The molecule has 1 aromatic heterocycles. The summed E-state index contributed by atoms with van der Waals surface area (Å²) in [5.41, 5.74) is 0.333. The molecule has 186 valence electrons. The summed E-state index contributed by atoms with van der Waals surface area (Å²) in [5.74, 6) is -0.653. The molecule has 2 aromatic rings. The number of methoxy groups -OCH3 is 1. The van der Waals surface area contributed by atoms with Gasteiger partial charge in [-0.15, -0.1) is 11.3 Å². The number of nitrogens with one attached hydrogen (secondary N) is 1. The fourth-order valence-corrected chi connectivity index (χ4v) is 8.72. The molecular formula is C22H29N3O6S3. The van der Waals surface area contributed by atoms with Crippen LogP contribution in [0.15, 0.2) is 44.8 Å². The fourth-order valence-electron chi connectivity index (χ4n) is 4.36. The van der Waals surface area contributed by atoms with Crippen LogP contribution in [0, 0.1) is 5.92 Å². The van der Waals surface area contributed by atoms with Crippen molar-refractivity contribution in [1.29, 1.82) is 0 Å². The van der Waals surface area contributed by atoms with E-state index in [1.165, 1.54) is 27.9 Å². The van der Waals surface area contributed by atoms with Crippen molar-refractivity contribution >= 4 is 43.0 Å². The Kier molecular flexibility index (Phi) is 7.63. The second-order valence-electron chi connectivity index (χ2n) is 8.45. The maximum Gasteiger partial charge on any atom is 0.252 e. The number of benzene rings is 1. The first-order valence-corrected chi connectivity index (χ1v) is 15.0. The molecule has 2 fully saturated rings. The number of anilines is 1. The first kappa shape index (κ1) is 25.1. The van der Waals surface area contributed by atoms with Crippen LogP contribution in [-0.2, 0) is 24.8 Å². The van der Waals surface area contributed by atoms with Crippen molar-refractivity contribution in [2.45, 2.75) is 41.2 Å². The molecule has 1 aromatic carbocycles. The molecule has 0 saturated carbocycles. The molecule has 2 aliphatic rings. The molecule has 9 nitrogen and oxygen atoms in total. The van der Waals surface area contributed by atoms with Crippen LogP contribution in [0.1, 0.15) is 32.1 Å². The highest BCUT2D eigenvalue weighted by Gasteiger charge is 2.34. The minimum atomic E-state index is -3.77. The average molecular weight is 528 g/mol. The normalized spacial score (nSPS) is 20.7. The lowest BCUT2D eigenvalue weighted by Crippen LogP contribution is -2.43. The standard InChI is InChI=1S/C22H29N3O6S3/c1-31-19-10-9-18(15-20(19)33(27,28)24-11-3-2-4-12-24)23-22(26)17-7-5-13-25(16-17)34(29,30)21-8-6-14-32-21/h6,8-10,14-15,17H,2-5,7,11-13,16H2,1H3,(H,23,26)/t17-/m0/s1. The minimum Gasteiger partial charge on any atom is -0.495 e. The van der Waals surface area contributed by atoms with E-state index >= 15 is 0 Å². The van der Waals surface area contributed by atoms with Crippen molar-refractivity contribution in [3.63, 3.8) is 0 Å². The highest BCUT2D eigenvalue weighted by atomic mass is 32.2. The highest BCUT2D eigenvalue weighted by molar-refractivity contribution is 7.91. The molecular weight excluding hydrogens is 498 g/mol. The van der Waals surface area contributed by atoms with E-state index in [1.54, 1.807) is 23.6 Å². The number of carbonyl (C=O) groups excluding carboxylic acids is 1. The van der Waals surface area contributed by atoms with Gasteiger partial charge in [0.15, 0.2) is 0 Å². The zero-order valence-electron chi connectivity index (χ0n) is 19.0. The van der Waals surface area contributed by atoms with Crippen molar-refractivity contribution in [2.75, 3.05) is 38.6 Å². The Bertz CT molecular complexity index is 1220. The molecule has 1 N–H and O–H groups in total. The fraction of sp³-hybridized carbons (Fsp3) is 0.500. The number of rotatable bonds is 7. The first-order valence-electron chi connectivity index (χ1n) is 11.3. The van der Waals surface area contributed by atoms with Crippen LogP contribution in [0.2, 0.25) is 0 Å². The van der Waals surface area contributed by atoms with Crippen molar-refractivity contribution in [3.8, 4) is 5.75 Å². The Labute approximate surface area is 204 Å². The average Bonchev–Trinajstić information content (AvgIpc) is 3.41. The number of nitrogens with zero attached hydrogens (tertiary/aromatic N) is 2. The van der Waals surface area contributed by atoms with Crippen LogP contribution in [0.5, 0.6) is 5.75 Å². The lowest BCUT2D eigenvalue weighted by atomic mass is 9.98. The second kappa shape index (κ2) is 10.3. The molecule has 2 saturated heterocycles. The van der Waals surface area contributed by atoms with Gasteiger partial charge in [-0.2, -0.15) is 8.61 Å². The predicted octanol–water partition coefficient (Wildman–Crippen LogP) is 2.97. The van der Waals surface area contributed by atoms with Gasteiger partial charge < -0.3 is 10.1 Å². The Balaban J connectivity index is 1.51. The van der Waals surface area contributed by atoms with Crippen molar-refractivity contribution in [1.82, 2.24) is 8.61 Å². The maximum absolute atomic E-state index is 13.2. The Morgan fingerprint density at radius 1 is 1.00 bits per heavy atom. The van der Waals surface area contributed by atoms with E-state index in [0.29, 0.717) is 38.2 Å². The molecule has 0 spiro atoms. The number of carbonyl (C=O) groups is 1. The predicted molar refractivity (Wildman–Crippen MR) is 130 cm³/mol. The van der Waals surface area contributed by atoms with Gasteiger partial charge in [0.2, 0.25) is 15.9 Å². The third-order valence-corrected chi connectivity index (χ3v) is 11.4. The van der Waals surface area contributed by atoms with Gasteiger partial charge >= 0.3 is 0 Å². The summed E-state index contributed by atoms with van der Waals surface area (Å²) < 4.78 is 60.6. The van der Waals surface area contributed by atoms with Crippen LogP contribution in [0.4, 0.5) is 5.69 Å². The monoisotopic (exact) mass is 527 g/mol. The van der Waals surface area contributed by atoms with Gasteiger partial charge in [0, 0.05) is 31.9 Å². The summed E-state index contributed by atoms with van der Waals surface area (Å²) in [7, 11) is -6.00. The summed E-state index contributed by atoms with van der Waals surface area (Å²) in [5, 5.41) is 4.50. The molecule has 0 aliphatic carbocycles. The maximum atomic E-state index is 13.2. The minimum absolute atomic E-state index is 0.0141. The van der Waals surface area contributed by atoms with Crippen molar-refractivity contribution in [3.05, 3.63) is 35.7 Å². The first-order chi connectivity index (χ1) is 16.2. The highest BCUT2D eigenvalue weighted by Crippen LogP contribution is 2.32. The molecule has 3 heterocycles. The summed E-state index contributed by atoms with van der Waals surface area (Å²) >= 11 is 1.15. The van der Waals surface area contributed by atoms with Gasteiger partial charge in [-0.05, 0) is 55.3 Å². The van der Waals surface area contributed by atoms with Crippen molar-refractivity contribution in [2.24, 2.45) is 5.92 Å². The molecule has 2 aliphatic heterocycles. The lowest BCUT2D eigenvalue weighted by Gasteiger charge is -2.31. The summed E-state index contributed by atoms with van der Waals surface area (Å²) in [6, 6.07) is 7.79. The molecule has 0 bridgehead atoms. The van der Waals surface area contributed by atoms with Crippen LogP contribution in [-0.4, -0.2) is 64.6 Å². The van der Waals surface area contributed by atoms with Gasteiger partial charge in [-0.25, -0.2) is 16.8 Å². The number of amides is 1. The van der Waals surface area contributed by atoms with Gasteiger partial charge in [-0.3, -0.25) is 4.79 Å². The van der Waals surface area contributed by atoms with Crippen LogP contribution in [0.25, 0.3) is 0 Å².